The van der Waals surface area contributed by atoms with Gasteiger partial charge in [-0.15, -0.1) is 0 Å². The highest BCUT2D eigenvalue weighted by Gasteiger charge is 2.01. The molecular formula is C17H19NO2. The smallest absolute Gasteiger partial charge is 0.305 e. The normalized spacial score (nSPS) is 10.1. The number of aryl methyl sites for hydroxylation is 2. The molecule has 0 bridgehead atoms. The SMILES string of the molecule is COC(=O)CCc1ccc(Nc2cccc(C)c2)cc1. The lowest BCUT2D eigenvalue weighted by Crippen LogP contribution is -2.01. The van der Waals surface area contributed by atoms with Crippen LogP contribution in [0.1, 0.15) is 17.5 Å². The molecule has 1 N–H and O–H groups in total. The third-order valence-electron chi connectivity index (χ3n) is 3.11. The van der Waals surface area contributed by atoms with Crippen LogP contribution >= 0.6 is 0 Å². The molecule has 3 nitrogen and oxygen atoms in total. The summed E-state index contributed by atoms with van der Waals surface area (Å²) in [6.45, 7) is 2.07. The lowest BCUT2D eigenvalue weighted by molar-refractivity contribution is -0.140. The molecule has 0 heterocycles. The predicted molar refractivity (Wildman–Crippen MR) is 81.2 cm³/mol. The largest absolute Gasteiger partial charge is 0.469 e. The molecule has 20 heavy (non-hydrogen) atoms. The maximum atomic E-state index is 11.1. The first-order valence-electron chi connectivity index (χ1n) is 6.67. The van der Waals surface area contributed by atoms with Gasteiger partial charge in [0.05, 0.1) is 7.11 Å². The van der Waals surface area contributed by atoms with Crippen molar-refractivity contribution in [2.24, 2.45) is 0 Å². The number of hydrogen-bond donors (Lipinski definition) is 1. The molecule has 0 atom stereocenters. The van der Waals surface area contributed by atoms with Crippen LogP contribution in [0.5, 0.6) is 0 Å². The molecule has 2 aromatic carbocycles. The molecule has 0 saturated carbocycles. The van der Waals surface area contributed by atoms with Gasteiger partial charge in [-0.3, -0.25) is 4.79 Å². The molecule has 0 fully saturated rings. The Morgan fingerprint density at radius 2 is 1.85 bits per heavy atom. The zero-order valence-corrected chi connectivity index (χ0v) is 11.8. The maximum Gasteiger partial charge on any atom is 0.305 e. The van der Waals surface area contributed by atoms with Crippen LogP contribution < -0.4 is 5.32 Å². The van der Waals surface area contributed by atoms with Gasteiger partial charge in [-0.1, -0.05) is 24.3 Å². The highest BCUT2D eigenvalue weighted by atomic mass is 16.5. The van der Waals surface area contributed by atoms with Crippen LogP contribution in [0.2, 0.25) is 0 Å². The summed E-state index contributed by atoms with van der Waals surface area (Å²) < 4.78 is 4.63. The first-order chi connectivity index (χ1) is 9.67. The number of carbonyl (C=O) groups is 1. The van der Waals surface area contributed by atoms with Crippen molar-refractivity contribution in [2.45, 2.75) is 19.8 Å². The fraction of sp³-hybridized carbons (Fsp3) is 0.235. The van der Waals surface area contributed by atoms with Crippen molar-refractivity contribution in [1.82, 2.24) is 0 Å². The fourth-order valence-electron chi connectivity index (χ4n) is 1.99. The number of esters is 1. The molecule has 0 radical (unpaired) electrons. The second-order valence-electron chi connectivity index (χ2n) is 4.77. The van der Waals surface area contributed by atoms with E-state index in [0.717, 1.165) is 16.9 Å². The fourth-order valence-corrected chi connectivity index (χ4v) is 1.99. The van der Waals surface area contributed by atoms with Crippen molar-refractivity contribution in [3.8, 4) is 0 Å². The maximum absolute atomic E-state index is 11.1. The van der Waals surface area contributed by atoms with E-state index in [0.29, 0.717) is 12.8 Å². The molecule has 2 aromatic rings. The van der Waals surface area contributed by atoms with Crippen molar-refractivity contribution in [1.29, 1.82) is 0 Å². The van der Waals surface area contributed by atoms with Gasteiger partial charge in [-0.25, -0.2) is 0 Å². The first kappa shape index (κ1) is 14.1. The summed E-state index contributed by atoms with van der Waals surface area (Å²) in [6, 6.07) is 16.3. The summed E-state index contributed by atoms with van der Waals surface area (Å²) >= 11 is 0. The van der Waals surface area contributed by atoms with Crippen LogP contribution in [0, 0.1) is 6.92 Å². The molecule has 2 rings (SSSR count). The van der Waals surface area contributed by atoms with Gasteiger partial charge >= 0.3 is 5.97 Å². The minimum Gasteiger partial charge on any atom is -0.469 e. The van der Waals surface area contributed by atoms with Crippen LogP contribution in [0.25, 0.3) is 0 Å². The highest BCUT2D eigenvalue weighted by Crippen LogP contribution is 2.18. The summed E-state index contributed by atoms with van der Waals surface area (Å²) in [6.07, 6.45) is 1.12. The quantitative estimate of drug-likeness (QED) is 0.838. The molecule has 0 spiro atoms. The third-order valence-corrected chi connectivity index (χ3v) is 3.11. The number of ether oxygens (including phenoxy) is 1. The summed E-state index contributed by atoms with van der Waals surface area (Å²) in [7, 11) is 1.41. The van der Waals surface area contributed by atoms with Crippen LogP contribution in [0.3, 0.4) is 0 Å². The lowest BCUT2D eigenvalue weighted by Gasteiger charge is -2.08. The summed E-state index contributed by atoms with van der Waals surface area (Å²) in [5.41, 5.74) is 4.47. The number of methoxy groups -OCH3 is 1. The van der Waals surface area contributed by atoms with Crippen molar-refractivity contribution >= 4 is 17.3 Å². The van der Waals surface area contributed by atoms with Crippen LogP contribution in [-0.2, 0) is 16.0 Å². The number of anilines is 2. The minimum atomic E-state index is -0.174. The molecule has 3 heteroatoms. The zero-order chi connectivity index (χ0) is 14.4. The van der Waals surface area contributed by atoms with Gasteiger partial charge in [0.1, 0.15) is 0 Å². The molecule has 0 amide bonds. The van der Waals surface area contributed by atoms with Gasteiger partial charge in [0.15, 0.2) is 0 Å². The van der Waals surface area contributed by atoms with E-state index in [-0.39, 0.29) is 5.97 Å². The number of rotatable bonds is 5. The van der Waals surface area contributed by atoms with Crippen molar-refractivity contribution in [3.63, 3.8) is 0 Å². The Balaban J connectivity index is 1.96. The van der Waals surface area contributed by atoms with Crippen LogP contribution in [-0.4, -0.2) is 13.1 Å². The molecule has 0 aliphatic carbocycles. The number of hydrogen-bond acceptors (Lipinski definition) is 3. The molecule has 0 unspecified atom stereocenters. The molecular weight excluding hydrogens is 250 g/mol. The second kappa shape index (κ2) is 6.75. The Kier molecular flexibility index (Phi) is 4.77. The monoisotopic (exact) mass is 269 g/mol. The van der Waals surface area contributed by atoms with E-state index < -0.39 is 0 Å². The van der Waals surface area contributed by atoms with Gasteiger partial charge in [0.2, 0.25) is 0 Å². The lowest BCUT2D eigenvalue weighted by atomic mass is 10.1. The summed E-state index contributed by atoms with van der Waals surface area (Å²) in [5.74, 6) is -0.174. The van der Waals surface area contributed by atoms with Crippen LogP contribution in [0.15, 0.2) is 48.5 Å². The van der Waals surface area contributed by atoms with Gasteiger partial charge in [0.25, 0.3) is 0 Å². The Hall–Kier alpha value is -2.29. The average molecular weight is 269 g/mol. The first-order valence-corrected chi connectivity index (χ1v) is 6.67. The Morgan fingerprint density at radius 1 is 1.10 bits per heavy atom. The standard InChI is InChI=1S/C17H19NO2/c1-13-4-3-5-16(12-13)18-15-9-6-14(7-10-15)8-11-17(19)20-2/h3-7,9-10,12,18H,8,11H2,1-2H3. The molecule has 0 aliphatic heterocycles. The summed E-state index contributed by atoms with van der Waals surface area (Å²) in [4.78, 5) is 11.1. The van der Waals surface area contributed by atoms with Gasteiger partial charge in [0, 0.05) is 17.8 Å². The van der Waals surface area contributed by atoms with E-state index in [4.69, 9.17) is 0 Å². The van der Waals surface area contributed by atoms with E-state index in [1.807, 2.05) is 36.4 Å². The third kappa shape index (κ3) is 4.12. The van der Waals surface area contributed by atoms with Crippen molar-refractivity contribution < 1.29 is 9.53 Å². The summed E-state index contributed by atoms with van der Waals surface area (Å²) in [5, 5.41) is 3.36. The number of nitrogens with one attached hydrogen (secondary N) is 1. The predicted octanol–water partition coefficient (Wildman–Crippen LogP) is 3.84. The van der Waals surface area contributed by atoms with Gasteiger partial charge < -0.3 is 10.1 Å². The zero-order valence-electron chi connectivity index (χ0n) is 11.8. The van der Waals surface area contributed by atoms with Crippen LogP contribution in [0.4, 0.5) is 11.4 Å². The number of carbonyl (C=O) groups excluding carboxylic acids is 1. The van der Waals surface area contributed by atoms with Gasteiger partial charge in [-0.2, -0.15) is 0 Å². The Morgan fingerprint density at radius 3 is 2.50 bits per heavy atom. The van der Waals surface area contributed by atoms with Gasteiger partial charge in [-0.05, 0) is 48.7 Å². The topological polar surface area (TPSA) is 38.3 Å². The molecule has 104 valence electrons. The average Bonchev–Trinajstić information content (AvgIpc) is 2.46. The van der Waals surface area contributed by atoms with E-state index >= 15 is 0 Å². The van der Waals surface area contributed by atoms with Crippen molar-refractivity contribution in [2.75, 3.05) is 12.4 Å². The van der Waals surface area contributed by atoms with E-state index in [2.05, 4.69) is 29.1 Å². The molecule has 0 aliphatic rings. The highest BCUT2D eigenvalue weighted by molar-refractivity contribution is 5.69. The molecule has 0 aromatic heterocycles. The second-order valence-corrected chi connectivity index (χ2v) is 4.77. The Labute approximate surface area is 119 Å². The Bertz CT molecular complexity index is 576. The van der Waals surface area contributed by atoms with E-state index in [1.165, 1.54) is 12.7 Å². The molecule has 0 saturated heterocycles. The van der Waals surface area contributed by atoms with E-state index in [9.17, 15) is 4.79 Å². The minimum absolute atomic E-state index is 0.174. The number of benzene rings is 2. The van der Waals surface area contributed by atoms with Crippen molar-refractivity contribution in [3.05, 3.63) is 59.7 Å². The van der Waals surface area contributed by atoms with E-state index in [1.54, 1.807) is 0 Å².